The van der Waals surface area contributed by atoms with Crippen molar-refractivity contribution < 1.29 is 9.59 Å². The van der Waals surface area contributed by atoms with Gasteiger partial charge in [0.2, 0.25) is 0 Å². The summed E-state index contributed by atoms with van der Waals surface area (Å²) in [7, 11) is 0. The van der Waals surface area contributed by atoms with Gasteiger partial charge in [0.05, 0.1) is 0 Å². The summed E-state index contributed by atoms with van der Waals surface area (Å²) < 4.78 is 0. The molecule has 4 aliphatic rings. The number of hydrogen-bond donors (Lipinski definition) is 2. The first-order valence-corrected chi connectivity index (χ1v) is 13.6. The van der Waals surface area contributed by atoms with Gasteiger partial charge in [-0.25, -0.2) is 0 Å². The van der Waals surface area contributed by atoms with Crippen LogP contribution in [0.5, 0.6) is 0 Å². The van der Waals surface area contributed by atoms with E-state index in [-0.39, 0.29) is 35.8 Å². The third-order valence-corrected chi connectivity index (χ3v) is 9.44. The number of carbonyl (C=O) groups excluding carboxylic acids is 2. The van der Waals surface area contributed by atoms with Crippen molar-refractivity contribution in [2.45, 2.75) is 121 Å². The SMILES string of the molecule is NC1CCC(CC2CCC(N)C(C(=O)C3CCCCC3)C2)CC1C(=O)C1CCCCC1. The molecule has 4 saturated carbocycles. The number of ketones is 2. The molecular weight excluding hydrogens is 384 g/mol. The summed E-state index contributed by atoms with van der Waals surface area (Å²) in [6, 6.07) is 0.122. The van der Waals surface area contributed by atoms with E-state index in [1.165, 1.54) is 44.9 Å². The molecule has 4 fully saturated rings. The lowest BCUT2D eigenvalue weighted by Crippen LogP contribution is -2.45. The molecule has 4 heteroatoms. The number of hydrogen-bond acceptors (Lipinski definition) is 4. The van der Waals surface area contributed by atoms with Crippen LogP contribution >= 0.6 is 0 Å². The van der Waals surface area contributed by atoms with Gasteiger partial charge in [-0.3, -0.25) is 9.59 Å². The van der Waals surface area contributed by atoms with E-state index in [1.54, 1.807) is 0 Å². The average molecular weight is 431 g/mol. The van der Waals surface area contributed by atoms with Gasteiger partial charge in [-0.1, -0.05) is 38.5 Å². The molecule has 0 aromatic heterocycles. The van der Waals surface area contributed by atoms with Crippen molar-refractivity contribution in [1.29, 1.82) is 0 Å². The predicted molar refractivity (Wildman–Crippen MR) is 125 cm³/mol. The molecule has 31 heavy (non-hydrogen) atoms. The van der Waals surface area contributed by atoms with Crippen molar-refractivity contribution >= 4 is 11.6 Å². The summed E-state index contributed by atoms with van der Waals surface area (Å²) in [5.41, 5.74) is 12.9. The second-order valence-corrected chi connectivity index (χ2v) is 11.6. The first kappa shape index (κ1) is 23.4. The molecule has 0 aromatic carbocycles. The minimum atomic E-state index is 0.0612. The van der Waals surface area contributed by atoms with E-state index in [0.717, 1.165) is 64.2 Å². The molecule has 4 N–H and O–H groups in total. The lowest BCUT2D eigenvalue weighted by atomic mass is 9.66. The summed E-state index contributed by atoms with van der Waals surface area (Å²) in [6.45, 7) is 0. The number of rotatable bonds is 6. The number of nitrogens with two attached hydrogens (primary N) is 2. The molecule has 0 bridgehead atoms. The highest BCUT2D eigenvalue weighted by atomic mass is 16.1. The van der Waals surface area contributed by atoms with Crippen molar-refractivity contribution in [3.8, 4) is 0 Å². The second kappa shape index (κ2) is 10.9. The molecule has 4 rings (SSSR count). The van der Waals surface area contributed by atoms with E-state index >= 15 is 0 Å². The minimum absolute atomic E-state index is 0.0612. The normalized spacial score (nSPS) is 38.6. The molecule has 0 aliphatic heterocycles. The van der Waals surface area contributed by atoms with Crippen LogP contribution in [0.25, 0.3) is 0 Å². The predicted octanol–water partition coefficient (Wildman–Crippen LogP) is 5.16. The van der Waals surface area contributed by atoms with Crippen molar-refractivity contribution in [2.75, 3.05) is 0 Å². The average Bonchev–Trinajstić information content (AvgIpc) is 2.82. The molecule has 0 heterocycles. The minimum Gasteiger partial charge on any atom is -0.327 e. The van der Waals surface area contributed by atoms with E-state index in [9.17, 15) is 9.59 Å². The van der Waals surface area contributed by atoms with Gasteiger partial charge in [0.25, 0.3) is 0 Å². The molecule has 0 radical (unpaired) electrons. The van der Waals surface area contributed by atoms with Crippen LogP contribution in [0.15, 0.2) is 0 Å². The Morgan fingerprint density at radius 3 is 1.32 bits per heavy atom. The zero-order valence-electron chi connectivity index (χ0n) is 19.6. The molecule has 6 unspecified atom stereocenters. The first-order valence-electron chi connectivity index (χ1n) is 13.6. The molecule has 0 aromatic rings. The Labute approximate surface area is 189 Å². The van der Waals surface area contributed by atoms with Crippen LogP contribution in [0.2, 0.25) is 0 Å². The van der Waals surface area contributed by atoms with E-state index in [4.69, 9.17) is 11.5 Å². The Morgan fingerprint density at radius 1 is 0.548 bits per heavy atom. The fourth-order valence-electron chi connectivity index (χ4n) is 7.50. The number of carbonyl (C=O) groups is 2. The summed E-state index contributed by atoms with van der Waals surface area (Å²) in [5, 5.41) is 0. The summed E-state index contributed by atoms with van der Waals surface area (Å²) in [6.07, 6.45) is 19.2. The van der Waals surface area contributed by atoms with Crippen LogP contribution in [0.1, 0.15) is 109 Å². The zero-order chi connectivity index (χ0) is 21.8. The van der Waals surface area contributed by atoms with Crippen LogP contribution in [0.3, 0.4) is 0 Å². The Balaban J connectivity index is 1.32. The van der Waals surface area contributed by atoms with Crippen LogP contribution in [-0.4, -0.2) is 23.7 Å². The Hall–Kier alpha value is -0.740. The lowest BCUT2D eigenvalue weighted by molar-refractivity contribution is -0.130. The van der Waals surface area contributed by atoms with Crippen molar-refractivity contribution in [3.05, 3.63) is 0 Å². The van der Waals surface area contributed by atoms with E-state index < -0.39 is 0 Å². The summed E-state index contributed by atoms with van der Waals surface area (Å²) in [5.74, 6) is 2.85. The standard InChI is InChI=1S/C27H46N2O2/c28-24-13-11-18(16-22(24)26(30)20-7-3-1-4-8-20)15-19-12-14-25(29)23(17-19)27(31)21-9-5-2-6-10-21/h18-25H,1-17,28-29H2. The molecular formula is C27H46N2O2. The first-order chi connectivity index (χ1) is 15.0. The van der Waals surface area contributed by atoms with Crippen LogP contribution in [-0.2, 0) is 9.59 Å². The third-order valence-electron chi connectivity index (χ3n) is 9.44. The second-order valence-electron chi connectivity index (χ2n) is 11.6. The van der Waals surface area contributed by atoms with E-state index in [1.807, 2.05) is 0 Å². The van der Waals surface area contributed by atoms with E-state index in [0.29, 0.717) is 23.4 Å². The largest absolute Gasteiger partial charge is 0.327 e. The van der Waals surface area contributed by atoms with Gasteiger partial charge >= 0.3 is 0 Å². The van der Waals surface area contributed by atoms with E-state index in [2.05, 4.69) is 0 Å². The van der Waals surface area contributed by atoms with Crippen molar-refractivity contribution in [2.24, 2.45) is 47.0 Å². The zero-order valence-corrected chi connectivity index (χ0v) is 19.6. The highest BCUT2D eigenvalue weighted by molar-refractivity contribution is 5.84. The van der Waals surface area contributed by atoms with Gasteiger partial charge in [0, 0.05) is 35.8 Å². The third kappa shape index (κ3) is 5.79. The maximum atomic E-state index is 13.2. The van der Waals surface area contributed by atoms with Gasteiger partial charge in [0.1, 0.15) is 11.6 Å². The smallest absolute Gasteiger partial charge is 0.140 e. The Kier molecular flexibility index (Phi) is 8.25. The fourth-order valence-corrected chi connectivity index (χ4v) is 7.50. The molecule has 0 saturated heterocycles. The van der Waals surface area contributed by atoms with Crippen LogP contribution in [0, 0.1) is 35.5 Å². The van der Waals surface area contributed by atoms with Crippen LogP contribution < -0.4 is 11.5 Å². The summed E-state index contributed by atoms with van der Waals surface area (Å²) in [4.78, 5) is 26.4. The molecule has 0 spiro atoms. The van der Waals surface area contributed by atoms with Crippen molar-refractivity contribution in [1.82, 2.24) is 0 Å². The Bertz CT molecular complexity index is 556. The quantitative estimate of drug-likeness (QED) is 0.609. The monoisotopic (exact) mass is 430 g/mol. The summed E-state index contributed by atoms with van der Waals surface area (Å²) >= 11 is 0. The molecule has 6 atom stereocenters. The van der Waals surface area contributed by atoms with Gasteiger partial charge in [-0.2, -0.15) is 0 Å². The maximum Gasteiger partial charge on any atom is 0.140 e. The van der Waals surface area contributed by atoms with Crippen LogP contribution in [0.4, 0.5) is 0 Å². The van der Waals surface area contributed by atoms with Gasteiger partial charge in [0.15, 0.2) is 0 Å². The molecule has 4 nitrogen and oxygen atoms in total. The highest BCUT2D eigenvalue weighted by Crippen LogP contribution is 2.41. The molecule has 0 amide bonds. The van der Waals surface area contributed by atoms with Gasteiger partial charge in [-0.15, -0.1) is 0 Å². The molecule has 4 aliphatic carbocycles. The van der Waals surface area contributed by atoms with Gasteiger partial charge in [-0.05, 0) is 82.5 Å². The maximum absolute atomic E-state index is 13.2. The number of Topliss-reactive ketones (excluding diaryl/α,β-unsaturated/α-hetero) is 2. The highest BCUT2D eigenvalue weighted by Gasteiger charge is 2.40. The molecule has 176 valence electrons. The lowest BCUT2D eigenvalue weighted by Gasteiger charge is -2.40. The fraction of sp³-hybridized carbons (Fsp3) is 0.926. The topological polar surface area (TPSA) is 86.2 Å². The van der Waals surface area contributed by atoms with Crippen molar-refractivity contribution in [3.63, 3.8) is 0 Å². The Morgan fingerprint density at radius 2 is 0.935 bits per heavy atom. The van der Waals surface area contributed by atoms with Gasteiger partial charge < -0.3 is 11.5 Å².